The van der Waals surface area contributed by atoms with Gasteiger partial charge < -0.3 is 4.74 Å². The van der Waals surface area contributed by atoms with Crippen LogP contribution in [-0.4, -0.2) is 23.1 Å². The molecule has 1 rings (SSSR count). The van der Waals surface area contributed by atoms with Gasteiger partial charge in [-0.25, -0.2) is 0 Å². The molecule has 0 radical (unpaired) electrons. The van der Waals surface area contributed by atoms with E-state index < -0.39 is 22.5 Å². The van der Waals surface area contributed by atoms with Gasteiger partial charge in [0.15, 0.2) is 0 Å². The van der Waals surface area contributed by atoms with Gasteiger partial charge in [-0.05, 0) is 11.8 Å². The summed E-state index contributed by atoms with van der Waals surface area (Å²) in [4.78, 5) is 10.2. The highest BCUT2D eigenvalue weighted by atomic mass is 35.5. The second-order valence-corrected chi connectivity index (χ2v) is 5.96. The highest BCUT2D eigenvalue weighted by Gasteiger charge is 2.66. The van der Waals surface area contributed by atoms with Gasteiger partial charge in [-0.2, -0.15) is 13.2 Å². The molecule has 0 N–H and O–H groups in total. The Morgan fingerprint density at radius 1 is 1.44 bits per heavy atom. The summed E-state index contributed by atoms with van der Waals surface area (Å²) >= 11 is 10.6. The first-order valence-electron chi connectivity index (χ1n) is 4.57. The Bertz CT molecular complexity index is 289. The van der Waals surface area contributed by atoms with Crippen molar-refractivity contribution in [2.24, 2.45) is 11.3 Å². The van der Waals surface area contributed by atoms with E-state index in [4.69, 9.17) is 23.2 Å². The van der Waals surface area contributed by atoms with E-state index in [9.17, 15) is 18.0 Å². The SMILES string of the molecule is CC1(C)CC1C(OC=O)C(Cl)(Cl)C(F)(F)F. The van der Waals surface area contributed by atoms with Crippen LogP contribution in [0.2, 0.25) is 0 Å². The summed E-state index contributed by atoms with van der Waals surface area (Å²) < 4.78 is 39.1. The molecule has 7 heteroatoms. The van der Waals surface area contributed by atoms with E-state index in [1.807, 2.05) is 0 Å². The molecule has 0 aromatic rings. The highest BCUT2D eigenvalue weighted by Crippen LogP contribution is 2.60. The minimum atomic E-state index is -4.84. The van der Waals surface area contributed by atoms with Crippen molar-refractivity contribution in [2.75, 3.05) is 0 Å². The number of ether oxygens (including phenoxy) is 1. The molecule has 1 aliphatic carbocycles. The van der Waals surface area contributed by atoms with Crippen LogP contribution in [0.3, 0.4) is 0 Å². The minimum absolute atomic E-state index is 0.0513. The number of alkyl halides is 5. The average Bonchev–Trinajstić information content (AvgIpc) is 2.68. The number of carbonyl (C=O) groups excluding carboxylic acids is 1. The summed E-state index contributed by atoms with van der Waals surface area (Å²) in [6.45, 7) is 3.47. The van der Waals surface area contributed by atoms with Gasteiger partial charge in [0.25, 0.3) is 6.47 Å². The topological polar surface area (TPSA) is 26.3 Å². The van der Waals surface area contributed by atoms with Crippen LogP contribution in [0.4, 0.5) is 13.2 Å². The lowest BCUT2D eigenvalue weighted by atomic mass is 10.0. The summed E-state index contributed by atoms with van der Waals surface area (Å²) in [6, 6.07) is 0. The lowest BCUT2D eigenvalue weighted by molar-refractivity contribution is -0.174. The fraction of sp³-hybridized carbons (Fsp3) is 0.889. The Balaban J connectivity index is 2.91. The molecule has 0 aliphatic heterocycles. The number of hydrogen-bond acceptors (Lipinski definition) is 2. The van der Waals surface area contributed by atoms with Crippen molar-refractivity contribution in [1.29, 1.82) is 0 Å². The standard InChI is InChI=1S/C9H11Cl2F3O2/c1-7(2)3-5(7)6(16-4-15)8(10,11)9(12,13)14/h4-6H,3H2,1-2H3. The molecule has 0 amide bonds. The van der Waals surface area contributed by atoms with Gasteiger partial charge in [0, 0.05) is 5.92 Å². The molecule has 0 bridgehead atoms. The number of rotatable bonds is 4. The number of halogens is 5. The predicted molar refractivity (Wildman–Crippen MR) is 53.3 cm³/mol. The zero-order chi connectivity index (χ0) is 12.8. The lowest BCUT2D eigenvalue weighted by Crippen LogP contribution is -2.48. The quantitative estimate of drug-likeness (QED) is 0.583. The third kappa shape index (κ3) is 2.40. The maximum absolute atomic E-state index is 12.6. The van der Waals surface area contributed by atoms with E-state index in [0.717, 1.165) is 0 Å². The van der Waals surface area contributed by atoms with Crippen LogP contribution in [0.5, 0.6) is 0 Å². The van der Waals surface area contributed by atoms with Crippen LogP contribution in [-0.2, 0) is 9.53 Å². The van der Waals surface area contributed by atoms with Crippen molar-refractivity contribution in [3.8, 4) is 0 Å². The Labute approximate surface area is 101 Å². The predicted octanol–water partition coefficient (Wildman–Crippen LogP) is 3.31. The van der Waals surface area contributed by atoms with Gasteiger partial charge in [0.1, 0.15) is 6.10 Å². The summed E-state index contributed by atoms with van der Waals surface area (Å²) in [5.74, 6) is -0.477. The first-order valence-corrected chi connectivity index (χ1v) is 5.33. The molecule has 0 saturated heterocycles. The Kier molecular flexibility index (Phi) is 3.43. The van der Waals surface area contributed by atoms with Gasteiger partial charge in [-0.1, -0.05) is 37.0 Å². The molecule has 0 spiro atoms. The van der Waals surface area contributed by atoms with E-state index in [1.54, 1.807) is 13.8 Å². The van der Waals surface area contributed by atoms with E-state index in [2.05, 4.69) is 4.74 Å². The second kappa shape index (κ2) is 3.95. The van der Waals surface area contributed by atoms with Crippen LogP contribution < -0.4 is 0 Å². The first-order chi connectivity index (χ1) is 7.04. The molecule has 0 aromatic heterocycles. The van der Waals surface area contributed by atoms with E-state index in [-0.39, 0.29) is 11.9 Å². The molecule has 1 aliphatic rings. The molecule has 1 saturated carbocycles. The largest absolute Gasteiger partial charge is 0.461 e. The van der Waals surface area contributed by atoms with Gasteiger partial charge in [0.05, 0.1) is 0 Å². The Morgan fingerprint density at radius 3 is 2.12 bits per heavy atom. The number of hydrogen-bond donors (Lipinski definition) is 0. The van der Waals surface area contributed by atoms with Gasteiger partial charge in [-0.15, -0.1) is 0 Å². The highest BCUT2D eigenvalue weighted by molar-refractivity contribution is 6.49. The zero-order valence-electron chi connectivity index (χ0n) is 8.65. The van der Waals surface area contributed by atoms with Crippen molar-refractivity contribution < 1.29 is 22.7 Å². The third-order valence-corrected chi connectivity index (χ3v) is 3.75. The molecular weight excluding hydrogens is 268 g/mol. The van der Waals surface area contributed by atoms with Crippen LogP contribution in [0.15, 0.2) is 0 Å². The van der Waals surface area contributed by atoms with Crippen LogP contribution in [0.25, 0.3) is 0 Å². The fourth-order valence-electron chi connectivity index (χ4n) is 1.68. The number of carbonyl (C=O) groups is 1. The van der Waals surface area contributed by atoms with Crippen LogP contribution in [0, 0.1) is 11.3 Å². The van der Waals surface area contributed by atoms with Gasteiger partial charge >= 0.3 is 6.18 Å². The van der Waals surface area contributed by atoms with Crippen LogP contribution >= 0.6 is 23.2 Å². The second-order valence-electron chi connectivity index (χ2n) is 4.57. The summed E-state index contributed by atoms with van der Waals surface area (Å²) in [5, 5.41) is 0. The van der Waals surface area contributed by atoms with Crippen molar-refractivity contribution in [2.45, 2.75) is 36.9 Å². The van der Waals surface area contributed by atoms with E-state index in [1.165, 1.54) is 0 Å². The first kappa shape index (κ1) is 13.9. The van der Waals surface area contributed by atoms with E-state index in [0.29, 0.717) is 6.42 Å². The smallest absolute Gasteiger partial charge is 0.425 e. The molecule has 16 heavy (non-hydrogen) atoms. The van der Waals surface area contributed by atoms with Crippen molar-refractivity contribution >= 4 is 29.7 Å². The van der Waals surface area contributed by atoms with E-state index >= 15 is 0 Å². The van der Waals surface area contributed by atoms with Crippen molar-refractivity contribution in [3.63, 3.8) is 0 Å². The Morgan fingerprint density at radius 2 is 1.88 bits per heavy atom. The summed E-state index contributed by atoms with van der Waals surface area (Å²) in [6.07, 6.45) is -5.92. The maximum Gasteiger partial charge on any atom is 0.425 e. The zero-order valence-corrected chi connectivity index (χ0v) is 10.2. The molecule has 0 aromatic carbocycles. The molecule has 0 heterocycles. The molecule has 94 valence electrons. The minimum Gasteiger partial charge on any atom is -0.461 e. The fourth-order valence-corrected chi connectivity index (χ4v) is 2.09. The Hall–Kier alpha value is -0.160. The summed E-state index contributed by atoms with van der Waals surface area (Å²) in [5.41, 5.74) is -0.339. The monoisotopic (exact) mass is 278 g/mol. The third-order valence-electron chi connectivity index (χ3n) is 2.89. The van der Waals surface area contributed by atoms with Gasteiger partial charge in [-0.3, -0.25) is 4.79 Å². The maximum atomic E-state index is 12.6. The normalized spacial score (nSPS) is 26.1. The van der Waals surface area contributed by atoms with Crippen LogP contribution in [0.1, 0.15) is 20.3 Å². The molecule has 2 nitrogen and oxygen atoms in total. The molecule has 2 unspecified atom stereocenters. The van der Waals surface area contributed by atoms with Crippen molar-refractivity contribution in [3.05, 3.63) is 0 Å². The summed E-state index contributed by atoms with van der Waals surface area (Å²) in [7, 11) is 0. The van der Waals surface area contributed by atoms with Gasteiger partial charge in [0.2, 0.25) is 4.33 Å². The molecular formula is C9H11Cl2F3O2. The average molecular weight is 279 g/mol. The van der Waals surface area contributed by atoms with Crippen molar-refractivity contribution in [1.82, 2.24) is 0 Å². The molecule has 1 fully saturated rings. The molecule has 2 atom stereocenters. The lowest BCUT2D eigenvalue weighted by Gasteiger charge is -2.31.